The number of carbonyl (C=O) groups is 1. The summed E-state index contributed by atoms with van der Waals surface area (Å²) in [5, 5.41) is 7.11. The van der Waals surface area contributed by atoms with Crippen LogP contribution in [-0.2, 0) is 6.54 Å². The van der Waals surface area contributed by atoms with E-state index in [2.05, 4.69) is 10.4 Å². The lowest BCUT2D eigenvalue weighted by molar-refractivity contribution is 0.0950. The maximum absolute atomic E-state index is 13.1. The first kappa shape index (κ1) is 18.4. The SMILES string of the molecule is COc1cc(CNC(=O)c2cnn(-c3ccc(F)cc3)c2C)cc(OC)c1. The van der Waals surface area contributed by atoms with Gasteiger partial charge in [0.05, 0.1) is 37.4 Å². The Balaban J connectivity index is 1.75. The van der Waals surface area contributed by atoms with Crippen molar-refractivity contribution in [3.63, 3.8) is 0 Å². The minimum atomic E-state index is -0.324. The Morgan fingerprint density at radius 1 is 1.11 bits per heavy atom. The van der Waals surface area contributed by atoms with Gasteiger partial charge in [-0.25, -0.2) is 9.07 Å². The summed E-state index contributed by atoms with van der Waals surface area (Å²) in [6.07, 6.45) is 1.50. The van der Waals surface area contributed by atoms with Crippen LogP contribution >= 0.6 is 0 Å². The van der Waals surface area contributed by atoms with Gasteiger partial charge in [0.1, 0.15) is 17.3 Å². The van der Waals surface area contributed by atoms with Crippen LogP contribution in [0.5, 0.6) is 11.5 Å². The number of aromatic nitrogens is 2. The van der Waals surface area contributed by atoms with Gasteiger partial charge in [-0.2, -0.15) is 5.10 Å². The van der Waals surface area contributed by atoms with Gasteiger partial charge in [-0.3, -0.25) is 4.79 Å². The quantitative estimate of drug-likeness (QED) is 0.724. The lowest BCUT2D eigenvalue weighted by atomic mass is 10.2. The van der Waals surface area contributed by atoms with Crippen molar-refractivity contribution in [2.75, 3.05) is 14.2 Å². The number of ether oxygens (including phenoxy) is 2. The summed E-state index contributed by atoms with van der Waals surface area (Å²) >= 11 is 0. The smallest absolute Gasteiger partial charge is 0.255 e. The Labute approximate surface area is 156 Å². The number of halogens is 1. The average Bonchev–Trinajstić information content (AvgIpc) is 3.07. The Bertz CT molecular complexity index is 929. The number of carbonyl (C=O) groups excluding carboxylic acids is 1. The number of amides is 1. The fourth-order valence-corrected chi connectivity index (χ4v) is 2.72. The standard InChI is InChI=1S/C20H20FN3O3/c1-13-19(12-23-24(13)16-6-4-15(21)5-7-16)20(25)22-11-14-8-17(26-2)10-18(9-14)27-3/h4-10,12H,11H2,1-3H3,(H,22,25). The van der Waals surface area contributed by atoms with Gasteiger partial charge in [-0.15, -0.1) is 0 Å². The van der Waals surface area contributed by atoms with Crippen LogP contribution in [0.3, 0.4) is 0 Å². The highest BCUT2D eigenvalue weighted by Crippen LogP contribution is 2.22. The summed E-state index contributed by atoms with van der Waals surface area (Å²) < 4.78 is 25.2. The summed E-state index contributed by atoms with van der Waals surface area (Å²) in [5.41, 5.74) is 2.66. The van der Waals surface area contributed by atoms with Gasteiger partial charge in [0.15, 0.2) is 0 Å². The molecule has 0 radical (unpaired) electrons. The number of hydrogen-bond acceptors (Lipinski definition) is 4. The van der Waals surface area contributed by atoms with Crippen LogP contribution in [0.2, 0.25) is 0 Å². The minimum Gasteiger partial charge on any atom is -0.497 e. The molecule has 0 atom stereocenters. The molecule has 0 bridgehead atoms. The van der Waals surface area contributed by atoms with Crippen LogP contribution < -0.4 is 14.8 Å². The van der Waals surface area contributed by atoms with E-state index in [0.717, 1.165) is 5.56 Å². The molecule has 3 rings (SSSR count). The van der Waals surface area contributed by atoms with Crippen molar-refractivity contribution in [1.29, 1.82) is 0 Å². The monoisotopic (exact) mass is 369 g/mol. The second-order valence-electron chi connectivity index (χ2n) is 5.94. The molecule has 7 heteroatoms. The van der Waals surface area contributed by atoms with Gasteiger partial charge in [-0.05, 0) is 48.9 Å². The molecule has 0 saturated heterocycles. The molecule has 0 spiro atoms. The number of benzene rings is 2. The summed E-state index contributed by atoms with van der Waals surface area (Å²) in [5.74, 6) is 0.732. The van der Waals surface area contributed by atoms with Crippen molar-refractivity contribution in [2.24, 2.45) is 0 Å². The molecule has 27 heavy (non-hydrogen) atoms. The van der Waals surface area contributed by atoms with E-state index in [-0.39, 0.29) is 11.7 Å². The lowest BCUT2D eigenvalue weighted by Crippen LogP contribution is -2.23. The maximum atomic E-state index is 13.1. The van der Waals surface area contributed by atoms with E-state index < -0.39 is 0 Å². The molecule has 1 N–H and O–H groups in total. The van der Waals surface area contributed by atoms with Crippen molar-refractivity contribution < 1.29 is 18.7 Å². The van der Waals surface area contributed by atoms with Crippen molar-refractivity contribution in [1.82, 2.24) is 15.1 Å². The molecule has 6 nitrogen and oxygen atoms in total. The number of nitrogens with zero attached hydrogens (tertiary/aromatic N) is 2. The van der Waals surface area contributed by atoms with Crippen LogP contribution in [0.4, 0.5) is 4.39 Å². The number of hydrogen-bond donors (Lipinski definition) is 1. The molecular weight excluding hydrogens is 349 g/mol. The van der Waals surface area contributed by atoms with Crippen LogP contribution in [0.25, 0.3) is 5.69 Å². The summed E-state index contributed by atoms with van der Waals surface area (Å²) in [6, 6.07) is 11.4. The van der Waals surface area contributed by atoms with E-state index in [1.54, 1.807) is 44.0 Å². The highest BCUT2D eigenvalue weighted by molar-refractivity contribution is 5.95. The van der Waals surface area contributed by atoms with Gasteiger partial charge in [0.2, 0.25) is 0 Å². The van der Waals surface area contributed by atoms with Crippen molar-refractivity contribution in [3.8, 4) is 17.2 Å². The summed E-state index contributed by atoms with van der Waals surface area (Å²) in [7, 11) is 3.15. The predicted octanol–water partition coefficient (Wildman–Crippen LogP) is 3.27. The first-order valence-corrected chi connectivity index (χ1v) is 8.32. The zero-order chi connectivity index (χ0) is 19.4. The van der Waals surface area contributed by atoms with Gasteiger partial charge in [0, 0.05) is 12.6 Å². The second kappa shape index (κ2) is 7.90. The number of methoxy groups -OCH3 is 2. The Morgan fingerprint density at radius 3 is 2.33 bits per heavy atom. The third-order valence-electron chi connectivity index (χ3n) is 4.19. The molecular formula is C20H20FN3O3. The summed E-state index contributed by atoms with van der Waals surface area (Å²) in [6.45, 7) is 2.10. The van der Waals surface area contributed by atoms with Crippen LogP contribution in [0.15, 0.2) is 48.7 Å². The van der Waals surface area contributed by atoms with E-state index in [1.165, 1.54) is 18.3 Å². The van der Waals surface area contributed by atoms with Gasteiger partial charge in [0.25, 0.3) is 5.91 Å². The molecule has 1 heterocycles. The zero-order valence-electron chi connectivity index (χ0n) is 15.3. The highest BCUT2D eigenvalue weighted by Gasteiger charge is 2.15. The third-order valence-corrected chi connectivity index (χ3v) is 4.19. The van der Waals surface area contributed by atoms with E-state index in [9.17, 15) is 9.18 Å². The fourth-order valence-electron chi connectivity index (χ4n) is 2.72. The summed E-state index contributed by atoms with van der Waals surface area (Å²) in [4.78, 5) is 12.6. The van der Waals surface area contributed by atoms with E-state index >= 15 is 0 Å². The van der Waals surface area contributed by atoms with Crippen LogP contribution in [0, 0.1) is 12.7 Å². The highest BCUT2D eigenvalue weighted by atomic mass is 19.1. The van der Waals surface area contributed by atoms with Gasteiger partial charge >= 0.3 is 0 Å². The van der Waals surface area contributed by atoms with E-state index in [1.807, 2.05) is 12.1 Å². The minimum absolute atomic E-state index is 0.248. The lowest BCUT2D eigenvalue weighted by Gasteiger charge is -2.10. The topological polar surface area (TPSA) is 65.4 Å². The number of rotatable bonds is 6. The van der Waals surface area contributed by atoms with E-state index in [0.29, 0.717) is 35.0 Å². The molecule has 0 unspecified atom stereocenters. The molecule has 140 valence electrons. The Kier molecular flexibility index (Phi) is 5.40. The Hall–Kier alpha value is -3.35. The van der Waals surface area contributed by atoms with Crippen LogP contribution in [-0.4, -0.2) is 29.9 Å². The Morgan fingerprint density at radius 2 is 1.74 bits per heavy atom. The third kappa shape index (κ3) is 4.08. The largest absolute Gasteiger partial charge is 0.497 e. The first-order valence-electron chi connectivity index (χ1n) is 8.32. The second-order valence-corrected chi connectivity index (χ2v) is 5.94. The molecule has 0 aliphatic rings. The first-order chi connectivity index (χ1) is 13.0. The van der Waals surface area contributed by atoms with Crippen molar-refractivity contribution >= 4 is 5.91 Å². The molecule has 1 aromatic heterocycles. The van der Waals surface area contributed by atoms with Gasteiger partial charge in [-0.1, -0.05) is 0 Å². The van der Waals surface area contributed by atoms with Crippen molar-refractivity contribution in [2.45, 2.75) is 13.5 Å². The molecule has 2 aromatic carbocycles. The van der Waals surface area contributed by atoms with Gasteiger partial charge < -0.3 is 14.8 Å². The molecule has 0 saturated carbocycles. The normalized spacial score (nSPS) is 10.5. The predicted molar refractivity (Wildman–Crippen MR) is 99.0 cm³/mol. The molecule has 1 amide bonds. The fraction of sp³-hybridized carbons (Fsp3) is 0.200. The van der Waals surface area contributed by atoms with Crippen LogP contribution in [0.1, 0.15) is 21.6 Å². The van der Waals surface area contributed by atoms with Crippen molar-refractivity contribution in [3.05, 3.63) is 71.3 Å². The van der Waals surface area contributed by atoms with E-state index in [4.69, 9.17) is 9.47 Å². The molecule has 0 aliphatic carbocycles. The molecule has 0 fully saturated rings. The average molecular weight is 369 g/mol. The maximum Gasteiger partial charge on any atom is 0.255 e. The molecule has 3 aromatic rings. The number of nitrogens with one attached hydrogen (secondary N) is 1. The molecule has 0 aliphatic heterocycles. The zero-order valence-corrected chi connectivity index (χ0v) is 15.3.